The van der Waals surface area contributed by atoms with Crippen LogP contribution in [0.4, 0.5) is 31.0 Å². The van der Waals surface area contributed by atoms with E-state index in [1.807, 2.05) is 85.2 Å². The minimum absolute atomic E-state index is 0.0779. The second-order valence-corrected chi connectivity index (χ2v) is 19.8. The highest BCUT2D eigenvalue weighted by atomic mass is 19.1. The number of benzene rings is 3. The highest BCUT2D eigenvalue weighted by molar-refractivity contribution is 5.94. The van der Waals surface area contributed by atoms with Crippen LogP contribution in [0.2, 0.25) is 0 Å². The van der Waals surface area contributed by atoms with E-state index in [2.05, 4.69) is 47.3 Å². The third kappa shape index (κ3) is 12.8. The molecule has 0 bridgehead atoms. The van der Waals surface area contributed by atoms with Gasteiger partial charge in [-0.25, -0.2) is 18.3 Å². The molecule has 77 heavy (non-hydrogen) atoms. The Bertz CT molecular complexity index is 2930. The monoisotopic (exact) mass is 1060 g/mol. The number of fused-ring (bicyclic) bond motifs is 3. The number of carbonyl (C=O) groups excluding carboxylic acids is 5. The predicted octanol–water partition coefficient (Wildman–Crippen LogP) is 4.12. The molecule has 6 N–H and O–H groups in total. The van der Waals surface area contributed by atoms with E-state index in [9.17, 15) is 32.8 Å². The number of nitrogen functional groups attached to an aromatic ring is 1. The van der Waals surface area contributed by atoms with Crippen molar-refractivity contribution >= 4 is 53.3 Å². The van der Waals surface area contributed by atoms with Crippen molar-refractivity contribution in [3.8, 4) is 16.9 Å². The van der Waals surface area contributed by atoms with Gasteiger partial charge in [0, 0.05) is 81.7 Å². The summed E-state index contributed by atoms with van der Waals surface area (Å²) in [6.45, 7) is 9.65. The number of hydrogen-bond donors (Lipinski definition) is 5. The van der Waals surface area contributed by atoms with Gasteiger partial charge in [0.15, 0.2) is 5.82 Å². The highest BCUT2D eigenvalue weighted by Gasteiger charge is 2.38. The molecule has 1 aliphatic carbocycles. The summed E-state index contributed by atoms with van der Waals surface area (Å²) in [7, 11) is 0. The second kappa shape index (κ2) is 24.3. The molecule has 4 aliphatic rings. The van der Waals surface area contributed by atoms with Crippen LogP contribution in [-0.4, -0.2) is 156 Å². The Kier molecular flexibility index (Phi) is 17.0. The lowest BCUT2D eigenvalue weighted by Gasteiger charge is -2.39. The average Bonchev–Trinajstić information content (AvgIpc) is 4.15. The second-order valence-electron chi connectivity index (χ2n) is 19.8. The number of aromatic nitrogens is 4. The molecular formula is C55H65F2N13O7. The number of anilines is 3. The zero-order valence-corrected chi connectivity index (χ0v) is 43.4. The molecule has 3 fully saturated rings. The molecule has 0 spiro atoms. The predicted molar refractivity (Wildman–Crippen MR) is 285 cm³/mol. The maximum Gasteiger partial charge on any atom is 0.407 e. The van der Waals surface area contributed by atoms with E-state index in [-0.39, 0.29) is 43.8 Å². The smallest absolute Gasteiger partial charge is 0.407 e. The number of nitrogens with one attached hydrogen (secondary N) is 4. The Balaban J connectivity index is 0.683. The van der Waals surface area contributed by atoms with Crippen molar-refractivity contribution in [2.75, 3.05) is 94.3 Å². The van der Waals surface area contributed by atoms with Crippen molar-refractivity contribution in [1.82, 2.24) is 50.8 Å². The van der Waals surface area contributed by atoms with Crippen LogP contribution in [0.1, 0.15) is 61.4 Å². The minimum atomic E-state index is -0.899. The molecule has 1 unspecified atom stereocenters. The number of carbonyl (C=O) groups is 5. The first-order valence-corrected chi connectivity index (χ1v) is 26.1. The van der Waals surface area contributed by atoms with Gasteiger partial charge in [-0.15, -0.1) is 0 Å². The van der Waals surface area contributed by atoms with Crippen LogP contribution in [0.25, 0.3) is 23.0 Å². The number of piperazine rings is 1. The summed E-state index contributed by atoms with van der Waals surface area (Å²) >= 11 is 0. The lowest BCUT2D eigenvalue weighted by molar-refractivity contribution is -0.140. The van der Waals surface area contributed by atoms with E-state index in [1.165, 1.54) is 17.0 Å². The van der Waals surface area contributed by atoms with Gasteiger partial charge in [-0.3, -0.25) is 24.1 Å². The number of ether oxygens (including phenoxy) is 2. The van der Waals surface area contributed by atoms with Crippen molar-refractivity contribution in [2.45, 2.75) is 64.1 Å². The summed E-state index contributed by atoms with van der Waals surface area (Å²) in [5.41, 5.74) is 12.8. The highest BCUT2D eigenvalue weighted by Crippen LogP contribution is 2.44. The van der Waals surface area contributed by atoms with E-state index >= 15 is 0 Å². The Labute approximate surface area is 445 Å². The fourth-order valence-electron chi connectivity index (χ4n) is 10.3. The van der Waals surface area contributed by atoms with Gasteiger partial charge in [-0.2, -0.15) is 15.1 Å². The molecule has 22 heteroatoms. The molecule has 3 saturated heterocycles. The van der Waals surface area contributed by atoms with Crippen LogP contribution >= 0.6 is 0 Å². The molecule has 9 rings (SSSR count). The Morgan fingerprint density at radius 3 is 2.23 bits per heavy atom. The SMILES string of the molecule is CCC(C)[C@H](NC(=O)[C@@H]1CCCN1C(=O)CNC(=O)CNC(=O)OCC1c2ccccc2-c2ccccc21)C(=O)NCOC1CN(c2cc(-n3ncc(/C=C/CN4CCN(c5cc(F)cc(F)c5)CC4)c3C)nc(N)n2)C1. The number of likely N-dealkylation sites (tertiary alicyclic amines) is 1. The van der Waals surface area contributed by atoms with Crippen LogP contribution < -0.4 is 36.8 Å². The van der Waals surface area contributed by atoms with Gasteiger partial charge < -0.3 is 51.2 Å². The quantitative estimate of drug-likeness (QED) is 0.0691. The molecule has 5 heterocycles. The van der Waals surface area contributed by atoms with E-state index in [0.29, 0.717) is 75.9 Å². The topological polar surface area (TPSA) is 235 Å². The molecule has 0 radical (unpaired) electrons. The number of amides is 5. The Morgan fingerprint density at radius 2 is 1.53 bits per heavy atom. The van der Waals surface area contributed by atoms with Crippen LogP contribution in [0.15, 0.2) is 85.1 Å². The Morgan fingerprint density at radius 1 is 0.844 bits per heavy atom. The molecule has 3 aliphatic heterocycles. The number of alkyl carbamates (subject to hydrolysis) is 1. The first-order valence-electron chi connectivity index (χ1n) is 26.1. The minimum Gasteiger partial charge on any atom is -0.449 e. The summed E-state index contributed by atoms with van der Waals surface area (Å²) in [4.78, 5) is 82.5. The van der Waals surface area contributed by atoms with Crippen molar-refractivity contribution in [2.24, 2.45) is 5.92 Å². The van der Waals surface area contributed by atoms with Gasteiger partial charge in [-0.1, -0.05) is 81.0 Å². The molecule has 5 aromatic rings. The van der Waals surface area contributed by atoms with E-state index < -0.39 is 60.0 Å². The molecule has 20 nitrogen and oxygen atoms in total. The summed E-state index contributed by atoms with van der Waals surface area (Å²) in [5, 5.41) is 15.2. The molecule has 2 aromatic heterocycles. The third-order valence-corrected chi connectivity index (χ3v) is 14.8. The number of nitrogens with zero attached hydrogens (tertiary/aromatic N) is 8. The summed E-state index contributed by atoms with van der Waals surface area (Å²) < 4.78 is 40.7. The molecule has 406 valence electrons. The summed E-state index contributed by atoms with van der Waals surface area (Å²) in [6.07, 6.45) is 6.37. The van der Waals surface area contributed by atoms with E-state index in [1.54, 1.807) is 16.9 Å². The zero-order chi connectivity index (χ0) is 54.2. The normalized spacial score (nSPS) is 17.4. The zero-order valence-electron chi connectivity index (χ0n) is 43.4. The first kappa shape index (κ1) is 53.8. The van der Waals surface area contributed by atoms with Crippen molar-refractivity contribution in [1.29, 1.82) is 0 Å². The molecule has 3 atom stereocenters. The number of nitrogens with two attached hydrogens (primary N) is 1. The first-order chi connectivity index (χ1) is 37.2. The third-order valence-electron chi connectivity index (χ3n) is 14.8. The van der Waals surface area contributed by atoms with E-state index in [4.69, 9.17) is 15.2 Å². The van der Waals surface area contributed by atoms with Gasteiger partial charge in [0.05, 0.1) is 24.5 Å². The lowest BCUT2D eigenvalue weighted by Crippen LogP contribution is -2.57. The van der Waals surface area contributed by atoms with Gasteiger partial charge in [-0.05, 0) is 60.1 Å². The maximum atomic E-state index is 13.8. The van der Waals surface area contributed by atoms with Gasteiger partial charge in [0.25, 0.3) is 0 Å². The maximum absolute atomic E-state index is 13.8. The summed E-state index contributed by atoms with van der Waals surface area (Å²) in [5.74, 6) is -2.35. The molecule has 3 aromatic carbocycles. The molecule has 5 amide bonds. The van der Waals surface area contributed by atoms with E-state index in [0.717, 1.165) is 52.7 Å². The van der Waals surface area contributed by atoms with Gasteiger partial charge in [0.2, 0.25) is 29.6 Å². The summed E-state index contributed by atoms with van der Waals surface area (Å²) in [6, 6.07) is 19.6. The Hall–Kier alpha value is -7.98. The largest absolute Gasteiger partial charge is 0.449 e. The fraction of sp³-hybridized carbons (Fsp3) is 0.418. The van der Waals surface area contributed by atoms with Crippen molar-refractivity contribution in [3.63, 3.8) is 0 Å². The number of hydrogen-bond acceptors (Lipinski definition) is 14. The molecular weight excluding hydrogens is 993 g/mol. The van der Waals surface area contributed by atoms with Crippen LogP contribution in [0, 0.1) is 24.5 Å². The average molecular weight is 1060 g/mol. The standard InChI is InChI=1S/C55H65F2N13O7/c1-4-34(2)51(65-52(73)46-16-10-18-69(46)50(72)29-59-49(71)28-60-55(75)76-32-45-43-14-7-5-12-41(43)42-13-6-8-15-44(42)45)53(74)61-33-77-40-30-68(31-40)47-26-48(64-54(58)63-47)70-35(3)36(27-62-70)11-9-17-66-19-21-67(22-20-66)39-24-37(56)23-38(57)25-39/h5-9,11-15,23-27,34,40,45-46,51H,4,10,16-22,28-33H2,1-3H3,(H,59,71)(H,60,75)(H,61,74)(H,65,73)(H2,58,63,64)/b11-9+/t34?,46-,51-/m0/s1. The molecule has 0 saturated carbocycles. The van der Waals surface area contributed by atoms with Gasteiger partial charge >= 0.3 is 6.09 Å². The van der Waals surface area contributed by atoms with Crippen LogP contribution in [0.3, 0.4) is 0 Å². The van der Waals surface area contributed by atoms with Crippen LogP contribution in [-0.2, 0) is 28.7 Å². The van der Waals surface area contributed by atoms with Crippen LogP contribution in [0.5, 0.6) is 0 Å². The lowest BCUT2D eigenvalue weighted by atomic mass is 9.97. The fourth-order valence-corrected chi connectivity index (χ4v) is 10.3. The van der Waals surface area contributed by atoms with Crippen molar-refractivity contribution in [3.05, 3.63) is 119 Å². The number of halogens is 2. The van der Waals surface area contributed by atoms with Gasteiger partial charge in [0.1, 0.15) is 49.4 Å². The number of rotatable bonds is 20. The van der Waals surface area contributed by atoms with Crippen molar-refractivity contribution < 1.29 is 42.2 Å².